The van der Waals surface area contributed by atoms with E-state index in [1.165, 1.54) is 11.3 Å². The molecular formula is C28H25N3O4S. The normalized spacial score (nSPS) is 11.0. The first-order chi connectivity index (χ1) is 17.2. The van der Waals surface area contributed by atoms with Crippen LogP contribution in [0.2, 0.25) is 0 Å². The number of thiophene rings is 1. The van der Waals surface area contributed by atoms with Crippen molar-refractivity contribution in [2.75, 3.05) is 10.6 Å². The predicted molar refractivity (Wildman–Crippen MR) is 143 cm³/mol. The Hall–Kier alpha value is -4.30. The van der Waals surface area contributed by atoms with Gasteiger partial charge in [-0.3, -0.25) is 19.9 Å². The number of nitrogens with zero attached hydrogens (tertiary/aromatic N) is 1. The van der Waals surface area contributed by atoms with Crippen molar-refractivity contribution in [2.24, 2.45) is 0 Å². The molecule has 0 saturated heterocycles. The van der Waals surface area contributed by atoms with E-state index in [0.29, 0.717) is 21.8 Å². The smallest absolute Gasteiger partial charge is 0.412 e. The number of carbonyl (C=O) groups is 3. The molecule has 0 spiro atoms. The highest BCUT2D eigenvalue weighted by molar-refractivity contribution is 7.17. The fourth-order valence-corrected chi connectivity index (χ4v) is 4.26. The zero-order valence-electron chi connectivity index (χ0n) is 20.1. The van der Waals surface area contributed by atoms with Crippen molar-refractivity contribution < 1.29 is 19.1 Å². The Bertz CT molecular complexity index is 1390. The highest BCUT2D eigenvalue weighted by Gasteiger charge is 2.19. The van der Waals surface area contributed by atoms with Gasteiger partial charge in [0.1, 0.15) is 5.60 Å². The van der Waals surface area contributed by atoms with Crippen molar-refractivity contribution >= 4 is 41.0 Å². The van der Waals surface area contributed by atoms with Gasteiger partial charge in [-0.05, 0) is 79.9 Å². The van der Waals surface area contributed by atoms with Gasteiger partial charge >= 0.3 is 6.09 Å². The van der Waals surface area contributed by atoms with Crippen LogP contribution >= 0.6 is 11.3 Å². The van der Waals surface area contributed by atoms with Crippen LogP contribution in [0.25, 0.3) is 21.6 Å². The molecule has 2 N–H and O–H groups in total. The van der Waals surface area contributed by atoms with Gasteiger partial charge in [0.05, 0.1) is 16.3 Å². The molecule has 36 heavy (non-hydrogen) atoms. The molecular weight excluding hydrogens is 474 g/mol. The number of carbonyl (C=O) groups excluding carboxylic acids is 3. The zero-order valence-corrected chi connectivity index (χ0v) is 20.9. The van der Waals surface area contributed by atoms with E-state index in [-0.39, 0.29) is 5.91 Å². The molecule has 0 radical (unpaired) electrons. The largest absolute Gasteiger partial charge is 0.444 e. The lowest BCUT2D eigenvalue weighted by Gasteiger charge is -2.21. The van der Waals surface area contributed by atoms with Crippen molar-refractivity contribution in [2.45, 2.75) is 26.4 Å². The predicted octanol–water partition coefficient (Wildman–Crippen LogP) is 6.89. The number of hydrogen-bond donors (Lipinski definition) is 2. The number of ether oxygens (including phenoxy) is 1. The maximum atomic E-state index is 13.1. The summed E-state index contributed by atoms with van der Waals surface area (Å²) >= 11 is 1.34. The van der Waals surface area contributed by atoms with Crippen LogP contribution in [0.5, 0.6) is 0 Å². The summed E-state index contributed by atoms with van der Waals surface area (Å²) in [6.07, 6.45) is 3.63. The maximum absolute atomic E-state index is 13.1. The fourth-order valence-electron chi connectivity index (χ4n) is 3.44. The average molecular weight is 500 g/mol. The molecule has 0 aliphatic carbocycles. The molecule has 4 rings (SSSR count). The summed E-state index contributed by atoms with van der Waals surface area (Å²) in [6.45, 7) is 5.32. The first-order valence-corrected chi connectivity index (χ1v) is 12.0. The number of amides is 2. The summed E-state index contributed by atoms with van der Waals surface area (Å²) in [7, 11) is 0. The van der Waals surface area contributed by atoms with Crippen LogP contribution in [0.3, 0.4) is 0 Å². The Labute approximate surface area is 213 Å². The second-order valence-corrected chi connectivity index (χ2v) is 10.1. The standard InChI is InChI=1S/C28H25N3O4S/c1-28(2,3)35-27(34)31-23-12-10-20(25-13-11-22(17-32)36-25)15-24(23)30-26(33)19-8-6-18(7-9-19)21-5-4-14-29-16-21/h4-17H,1-3H3,(H,30,33)(H,31,34). The maximum Gasteiger partial charge on any atom is 0.412 e. The summed E-state index contributed by atoms with van der Waals surface area (Å²) in [5.74, 6) is -0.336. The van der Waals surface area contributed by atoms with Crippen LogP contribution in [-0.2, 0) is 4.74 Å². The molecule has 0 aliphatic heterocycles. The number of aromatic nitrogens is 1. The van der Waals surface area contributed by atoms with E-state index >= 15 is 0 Å². The van der Waals surface area contributed by atoms with Gasteiger partial charge in [0.2, 0.25) is 0 Å². The fraction of sp³-hybridized carbons (Fsp3) is 0.143. The van der Waals surface area contributed by atoms with E-state index in [0.717, 1.165) is 27.9 Å². The first-order valence-electron chi connectivity index (χ1n) is 11.2. The molecule has 0 aliphatic rings. The van der Waals surface area contributed by atoms with Crippen LogP contribution in [0.15, 0.2) is 79.1 Å². The van der Waals surface area contributed by atoms with E-state index < -0.39 is 11.7 Å². The van der Waals surface area contributed by atoms with Gasteiger partial charge in [0, 0.05) is 22.8 Å². The van der Waals surface area contributed by atoms with Crippen LogP contribution in [0, 0.1) is 0 Å². The Morgan fingerprint density at radius 1 is 0.889 bits per heavy atom. The number of rotatable bonds is 6. The molecule has 8 heteroatoms. The Morgan fingerprint density at radius 2 is 1.64 bits per heavy atom. The highest BCUT2D eigenvalue weighted by atomic mass is 32.1. The van der Waals surface area contributed by atoms with Crippen LogP contribution < -0.4 is 10.6 Å². The number of pyridine rings is 1. The van der Waals surface area contributed by atoms with Crippen molar-refractivity contribution in [3.8, 4) is 21.6 Å². The lowest BCUT2D eigenvalue weighted by atomic mass is 10.1. The molecule has 2 aromatic carbocycles. The lowest BCUT2D eigenvalue weighted by Crippen LogP contribution is -2.27. The van der Waals surface area contributed by atoms with Gasteiger partial charge < -0.3 is 10.1 Å². The number of nitrogens with one attached hydrogen (secondary N) is 2. The second-order valence-electron chi connectivity index (χ2n) is 8.98. The van der Waals surface area contributed by atoms with Gasteiger partial charge in [0.25, 0.3) is 5.91 Å². The summed E-state index contributed by atoms with van der Waals surface area (Å²) in [6, 6.07) is 19.8. The zero-order chi connectivity index (χ0) is 25.7. The molecule has 182 valence electrons. The van der Waals surface area contributed by atoms with Gasteiger partial charge in [-0.25, -0.2) is 4.79 Å². The van der Waals surface area contributed by atoms with Gasteiger partial charge in [-0.2, -0.15) is 0 Å². The lowest BCUT2D eigenvalue weighted by molar-refractivity contribution is 0.0635. The monoisotopic (exact) mass is 499 g/mol. The molecule has 2 aromatic heterocycles. The number of aldehydes is 1. The minimum Gasteiger partial charge on any atom is -0.444 e. The van der Waals surface area contributed by atoms with Crippen LogP contribution in [0.1, 0.15) is 40.8 Å². The van der Waals surface area contributed by atoms with Crippen molar-refractivity contribution in [3.05, 3.63) is 89.6 Å². The molecule has 0 bridgehead atoms. The van der Waals surface area contributed by atoms with Crippen molar-refractivity contribution in [1.82, 2.24) is 4.98 Å². The first kappa shape index (κ1) is 24.8. The van der Waals surface area contributed by atoms with Crippen LogP contribution in [-0.4, -0.2) is 28.9 Å². The molecule has 0 saturated carbocycles. The van der Waals surface area contributed by atoms with Gasteiger partial charge in [-0.15, -0.1) is 11.3 Å². The third kappa shape index (κ3) is 6.22. The minimum absolute atomic E-state index is 0.336. The van der Waals surface area contributed by atoms with Gasteiger partial charge in [-0.1, -0.05) is 24.3 Å². The molecule has 0 atom stereocenters. The Kier molecular flexibility index (Phi) is 7.26. The number of benzene rings is 2. The number of anilines is 2. The van der Waals surface area contributed by atoms with E-state index in [4.69, 9.17) is 4.74 Å². The molecule has 2 amide bonds. The third-order valence-electron chi connectivity index (χ3n) is 5.07. The number of hydrogen-bond acceptors (Lipinski definition) is 6. The molecule has 0 fully saturated rings. The minimum atomic E-state index is -0.675. The third-order valence-corrected chi connectivity index (χ3v) is 6.13. The van der Waals surface area contributed by atoms with E-state index in [2.05, 4.69) is 15.6 Å². The average Bonchev–Trinajstić information content (AvgIpc) is 3.34. The van der Waals surface area contributed by atoms with E-state index in [1.54, 1.807) is 63.5 Å². The topological polar surface area (TPSA) is 97.4 Å². The SMILES string of the molecule is CC(C)(C)OC(=O)Nc1ccc(-c2ccc(C=O)s2)cc1NC(=O)c1ccc(-c2cccnc2)cc1. The highest BCUT2D eigenvalue weighted by Crippen LogP contribution is 2.33. The molecule has 7 nitrogen and oxygen atoms in total. The van der Waals surface area contributed by atoms with Crippen molar-refractivity contribution in [1.29, 1.82) is 0 Å². The van der Waals surface area contributed by atoms with Crippen molar-refractivity contribution in [3.63, 3.8) is 0 Å². The summed E-state index contributed by atoms with van der Waals surface area (Å²) in [5.41, 5.74) is 3.26. The summed E-state index contributed by atoms with van der Waals surface area (Å²) in [4.78, 5) is 42.2. The Balaban J connectivity index is 1.61. The summed E-state index contributed by atoms with van der Waals surface area (Å²) in [5, 5.41) is 5.61. The van der Waals surface area contributed by atoms with Gasteiger partial charge in [0.15, 0.2) is 6.29 Å². The van der Waals surface area contributed by atoms with Crippen LogP contribution in [0.4, 0.5) is 16.2 Å². The Morgan fingerprint density at radius 3 is 2.28 bits per heavy atom. The molecule has 2 heterocycles. The van der Waals surface area contributed by atoms with E-state index in [9.17, 15) is 14.4 Å². The summed E-state index contributed by atoms with van der Waals surface area (Å²) < 4.78 is 5.37. The molecule has 0 unspecified atom stereocenters. The van der Waals surface area contributed by atoms with E-state index in [1.807, 2.05) is 36.4 Å². The second kappa shape index (κ2) is 10.5. The molecule has 4 aromatic rings. The quantitative estimate of drug-likeness (QED) is 0.282.